The highest BCUT2D eigenvalue weighted by atomic mass is 35.5. The van der Waals surface area contributed by atoms with Crippen molar-refractivity contribution in [1.82, 2.24) is 9.29 Å². The molecule has 1 amide bonds. The van der Waals surface area contributed by atoms with Crippen LogP contribution >= 0.6 is 11.6 Å². The zero-order valence-corrected chi connectivity index (χ0v) is 22.0. The first-order chi connectivity index (χ1) is 17.3. The number of nitrogens with zero attached hydrogens (tertiary/aromatic N) is 1. The van der Waals surface area contributed by atoms with Crippen LogP contribution in [-0.2, 0) is 16.6 Å². The second-order valence-corrected chi connectivity index (χ2v) is 12.2. The SMILES string of the molecule is CC1CCC(CC(C)(O)CO)C1NS(=O)(=O)c1c(Cl)c(C(=O)Nc2ccc(F)c(F)c2)n2c1C=CCC2. The number of hydrogen-bond acceptors (Lipinski definition) is 5. The Labute approximate surface area is 219 Å². The molecule has 202 valence electrons. The highest BCUT2D eigenvalue weighted by Crippen LogP contribution is 2.40. The van der Waals surface area contributed by atoms with Crippen molar-refractivity contribution >= 4 is 39.3 Å². The predicted molar refractivity (Wildman–Crippen MR) is 136 cm³/mol. The number of nitrogens with one attached hydrogen (secondary N) is 2. The van der Waals surface area contributed by atoms with Crippen molar-refractivity contribution in [3.63, 3.8) is 0 Å². The Bertz CT molecular complexity index is 1340. The summed E-state index contributed by atoms with van der Waals surface area (Å²) in [5.41, 5.74) is -1.23. The fraction of sp³-hybridized carbons (Fsp3) is 0.480. The minimum absolute atomic E-state index is 0.0111. The van der Waals surface area contributed by atoms with Gasteiger partial charge in [-0.2, -0.15) is 0 Å². The minimum Gasteiger partial charge on any atom is -0.393 e. The molecule has 37 heavy (non-hydrogen) atoms. The molecule has 12 heteroatoms. The molecule has 0 radical (unpaired) electrons. The molecule has 4 unspecified atom stereocenters. The molecule has 1 aromatic heterocycles. The van der Waals surface area contributed by atoms with Gasteiger partial charge in [0.15, 0.2) is 11.6 Å². The number of amides is 1. The summed E-state index contributed by atoms with van der Waals surface area (Å²) in [6.07, 6.45) is 5.53. The summed E-state index contributed by atoms with van der Waals surface area (Å²) in [6, 6.07) is 2.37. The summed E-state index contributed by atoms with van der Waals surface area (Å²) in [5.74, 6) is -3.22. The van der Waals surface area contributed by atoms with Crippen LogP contribution < -0.4 is 10.0 Å². The largest absolute Gasteiger partial charge is 0.393 e. The monoisotopic (exact) mass is 557 g/mol. The first-order valence-corrected chi connectivity index (χ1v) is 13.9. The fourth-order valence-corrected chi connectivity index (χ4v) is 7.51. The van der Waals surface area contributed by atoms with E-state index in [9.17, 15) is 32.2 Å². The highest BCUT2D eigenvalue weighted by Gasteiger charge is 2.42. The van der Waals surface area contributed by atoms with Crippen LogP contribution in [0, 0.1) is 23.5 Å². The van der Waals surface area contributed by atoms with Crippen molar-refractivity contribution in [2.75, 3.05) is 11.9 Å². The van der Waals surface area contributed by atoms with Crippen molar-refractivity contribution in [2.45, 2.75) is 62.6 Å². The molecule has 4 atom stereocenters. The van der Waals surface area contributed by atoms with Crippen LogP contribution in [0.2, 0.25) is 5.02 Å². The molecule has 0 bridgehead atoms. The van der Waals surface area contributed by atoms with E-state index in [1.165, 1.54) is 17.6 Å². The van der Waals surface area contributed by atoms with Gasteiger partial charge in [-0.05, 0) is 62.7 Å². The van der Waals surface area contributed by atoms with Crippen LogP contribution in [0.1, 0.15) is 55.7 Å². The average molecular weight is 558 g/mol. The second-order valence-electron chi connectivity index (χ2n) is 10.1. The number of allylic oxidation sites excluding steroid dienone is 1. The molecule has 1 saturated carbocycles. The lowest BCUT2D eigenvalue weighted by molar-refractivity contribution is -0.0194. The van der Waals surface area contributed by atoms with Gasteiger partial charge in [-0.1, -0.05) is 24.6 Å². The molecule has 1 aromatic carbocycles. The van der Waals surface area contributed by atoms with E-state index in [1.54, 1.807) is 12.2 Å². The lowest BCUT2D eigenvalue weighted by Gasteiger charge is -2.30. The van der Waals surface area contributed by atoms with E-state index in [0.717, 1.165) is 18.6 Å². The summed E-state index contributed by atoms with van der Waals surface area (Å²) in [5, 5.41) is 22.0. The van der Waals surface area contributed by atoms with E-state index in [0.29, 0.717) is 19.4 Å². The fourth-order valence-electron chi connectivity index (χ4n) is 5.23. The van der Waals surface area contributed by atoms with Crippen LogP contribution in [-0.4, -0.2) is 47.4 Å². The Balaban J connectivity index is 1.68. The average Bonchev–Trinajstić information content (AvgIpc) is 3.32. The van der Waals surface area contributed by atoms with Crippen molar-refractivity contribution in [1.29, 1.82) is 0 Å². The maximum absolute atomic E-state index is 13.7. The number of aliphatic hydroxyl groups is 2. The Hall–Kier alpha value is -2.31. The van der Waals surface area contributed by atoms with Crippen LogP contribution in [0.3, 0.4) is 0 Å². The number of aromatic nitrogens is 1. The van der Waals surface area contributed by atoms with E-state index < -0.39 is 45.8 Å². The highest BCUT2D eigenvalue weighted by molar-refractivity contribution is 7.89. The number of benzene rings is 1. The summed E-state index contributed by atoms with van der Waals surface area (Å²) in [4.78, 5) is 12.9. The molecule has 0 spiro atoms. The molecule has 8 nitrogen and oxygen atoms in total. The number of carbonyl (C=O) groups is 1. The van der Waals surface area contributed by atoms with Gasteiger partial charge in [-0.15, -0.1) is 0 Å². The van der Waals surface area contributed by atoms with Gasteiger partial charge in [-0.3, -0.25) is 4.79 Å². The Morgan fingerprint density at radius 2 is 2.00 bits per heavy atom. The van der Waals surface area contributed by atoms with Crippen molar-refractivity contribution in [3.05, 3.63) is 52.3 Å². The smallest absolute Gasteiger partial charge is 0.273 e. The molecule has 1 aliphatic heterocycles. The van der Waals surface area contributed by atoms with Gasteiger partial charge in [0.05, 0.1) is 22.9 Å². The van der Waals surface area contributed by atoms with Crippen LogP contribution in [0.25, 0.3) is 6.08 Å². The van der Waals surface area contributed by atoms with Gasteiger partial charge in [0.2, 0.25) is 10.0 Å². The first kappa shape index (κ1) is 27.7. The van der Waals surface area contributed by atoms with E-state index in [1.807, 2.05) is 6.92 Å². The molecular formula is C25H30ClF2N3O5S. The van der Waals surface area contributed by atoms with E-state index in [4.69, 9.17) is 11.6 Å². The van der Waals surface area contributed by atoms with Crippen LogP contribution in [0.5, 0.6) is 0 Å². The summed E-state index contributed by atoms with van der Waals surface area (Å²) < 4.78 is 58.6. The third-order valence-corrected chi connectivity index (χ3v) is 9.12. The molecule has 1 aliphatic carbocycles. The number of hydrogen-bond donors (Lipinski definition) is 4. The molecule has 4 rings (SSSR count). The van der Waals surface area contributed by atoms with Crippen molar-refractivity contribution in [2.24, 2.45) is 11.8 Å². The van der Waals surface area contributed by atoms with Gasteiger partial charge in [-0.25, -0.2) is 21.9 Å². The number of halogens is 3. The maximum Gasteiger partial charge on any atom is 0.273 e. The first-order valence-electron chi connectivity index (χ1n) is 12.0. The zero-order valence-electron chi connectivity index (χ0n) is 20.5. The third-order valence-electron chi connectivity index (χ3n) is 7.10. The quantitative estimate of drug-likeness (QED) is 0.392. The van der Waals surface area contributed by atoms with E-state index in [2.05, 4.69) is 10.0 Å². The molecular weight excluding hydrogens is 528 g/mol. The summed E-state index contributed by atoms with van der Waals surface area (Å²) in [7, 11) is -4.23. The standard InChI is InChI=1S/C25H30ClF2N3O5S/c1-14-6-7-15(12-25(2,34)13-32)21(14)30-37(35,36)23-19-5-3-4-10-31(19)22(20(23)26)24(33)29-16-8-9-17(27)18(28)11-16/h3,5,8-9,11,14-15,21,30,32,34H,4,6-7,10,12-13H2,1-2H3,(H,29,33). The Kier molecular flexibility index (Phi) is 7.83. The minimum atomic E-state index is -4.23. The third kappa shape index (κ3) is 5.61. The van der Waals surface area contributed by atoms with Crippen LogP contribution in [0.4, 0.5) is 14.5 Å². The maximum atomic E-state index is 13.7. The van der Waals surface area contributed by atoms with Gasteiger partial charge >= 0.3 is 0 Å². The van der Waals surface area contributed by atoms with Crippen LogP contribution in [0.15, 0.2) is 29.2 Å². The molecule has 2 heterocycles. The number of carbonyl (C=O) groups excluding carboxylic acids is 1. The van der Waals surface area contributed by atoms with E-state index in [-0.39, 0.29) is 45.2 Å². The van der Waals surface area contributed by atoms with E-state index >= 15 is 0 Å². The molecule has 2 aliphatic rings. The topological polar surface area (TPSA) is 121 Å². The summed E-state index contributed by atoms with van der Waals surface area (Å²) in [6.45, 7) is 3.27. The van der Waals surface area contributed by atoms with Crippen molar-refractivity contribution < 1.29 is 32.2 Å². The zero-order chi connectivity index (χ0) is 27.1. The van der Waals surface area contributed by atoms with Gasteiger partial charge in [0.1, 0.15) is 10.6 Å². The molecule has 0 saturated heterocycles. The molecule has 1 fully saturated rings. The summed E-state index contributed by atoms with van der Waals surface area (Å²) >= 11 is 6.57. The number of sulfonamides is 1. The molecule has 2 aromatic rings. The number of aliphatic hydroxyl groups excluding tert-OH is 1. The normalized spacial score (nSPS) is 23.1. The number of anilines is 1. The second kappa shape index (κ2) is 10.5. The Morgan fingerprint density at radius 1 is 1.27 bits per heavy atom. The predicted octanol–water partition coefficient (Wildman–Crippen LogP) is 3.92. The lowest BCUT2D eigenvalue weighted by Crippen LogP contribution is -2.44. The van der Waals surface area contributed by atoms with Gasteiger partial charge in [0, 0.05) is 24.3 Å². The lowest BCUT2D eigenvalue weighted by atomic mass is 9.88. The van der Waals surface area contributed by atoms with Crippen molar-refractivity contribution in [3.8, 4) is 0 Å². The molecule has 4 N–H and O–H groups in total. The number of rotatable bonds is 8. The van der Waals surface area contributed by atoms with Gasteiger partial charge < -0.3 is 20.1 Å². The Morgan fingerprint density at radius 3 is 2.68 bits per heavy atom. The van der Waals surface area contributed by atoms with Gasteiger partial charge in [0.25, 0.3) is 5.91 Å². The number of fused-ring (bicyclic) bond motifs is 1.